The summed E-state index contributed by atoms with van der Waals surface area (Å²) >= 11 is 0. The number of pyridine rings is 1. The molecule has 1 aromatic carbocycles. The number of anilines is 1. The number of nitriles is 1. The molecule has 2 N–H and O–H groups in total. The Labute approximate surface area is 182 Å². The predicted octanol–water partition coefficient (Wildman–Crippen LogP) is 0.571. The number of ether oxygens (including phenoxy) is 1. The van der Waals surface area contributed by atoms with Gasteiger partial charge in [-0.2, -0.15) is 5.26 Å². The standard InChI is InChI=1S/C22H28N8O/c1-5-22(2,3)30-20(25-26-27-30)15-28-8-10-29(11-9-28)21-17(14-23)12-16-6-7-18(31-4)13-19(16)24-21/h6-7,12-13H,5,8-11,15H2,1-4H3/p+2. The minimum absolute atomic E-state index is 0.0943. The van der Waals surface area contributed by atoms with Gasteiger partial charge in [0.25, 0.3) is 5.82 Å². The number of hydrogen-bond acceptors (Lipinski definition) is 6. The largest absolute Gasteiger partial charge is 0.497 e. The molecular formula is C22H30N8O+2. The summed E-state index contributed by atoms with van der Waals surface area (Å²) in [7, 11) is 1.66. The molecule has 0 spiro atoms. The van der Waals surface area contributed by atoms with Gasteiger partial charge >= 0.3 is 0 Å². The van der Waals surface area contributed by atoms with E-state index in [2.05, 4.69) is 52.2 Å². The number of nitrogens with zero attached hydrogens (tertiary/aromatic N) is 6. The predicted molar refractivity (Wildman–Crippen MR) is 116 cm³/mol. The van der Waals surface area contributed by atoms with Gasteiger partial charge in [-0.25, -0.2) is 14.6 Å². The Hall–Kier alpha value is -3.25. The van der Waals surface area contributed by atoms with Crippen LogP contribution in [0.1, 0.15) is 38.6 Å². The van der Waals surface area contributed by atoms with Crippen LogP contribution < -0.4 is 19.5 Å². The second kappa shape index (κ2) is 8.47. The smallest absolute Gasteiger partial charge is 0.293 e. The molecule has 3 aromatic rings. The molecule has 4 rings (SSSR count). The van der Waals surface area contributed by atoms with Gasteiger partial charge in [0.15, 0.2) is 0 Å². The van der Waals surface area contributed by atoms with Crippen molar-refractivity contribution in [2.24, 2.45) is 0 Å². The number of quaternary nitrogens is 1. The van der Waals surface area contributed by atoms with Gasteiger partial charge in [0, 0.05) is 11.5 Å². The summed E-state index contributed by atoms with van der Waals surface area (Å²) in [6.45, 7) is 10.9. The van der Waals surface area contributed by atoms with Gasteiger partial charge < -0.3 is 9.64 Å². The Morgan fingerprint density at radius 2 is 2.03 bits per heavy atom. The van der Waals surface area contributed by atoms with Crippen LogP contribution in [0.4, 0.5) is 5.82 Å². The number of piperazine rings is 1. The zero-order valence-electron chi connectivity index (χ0n) is 18.6. The van der Waals surface area contributed by atoms with Crippen molar-refractivity contribution in [1.82, 2.24) is 20.2 Å². The molecular weight excluding hydrogens is 392 g/mol. The van der Waals surface area contributed by atoms with E-state index in [-0.39, 0.29) is 5.54 Å². The highest BCUT2D eigenvalue weighted by molar-refractivity contribution is 5.80. The van der Waals surface area contributed by atoms with E-state index in [1.54, 1.807) is 7.11 Å². The molecule has 0 aliphatic carbocycles. The number of aromatic amines is 1. The Bertz CT molecular complexity index is 1110. The van der Waals surface area contributed by atoms with E-state index in [1.165, 1.54) is 4.90 Å². The Balaban J connectivity index is 1.50. The highest BCUT2D eigenvalue weighted by Crippen LogP contribution is 2.23. The van der Waals surface area contributed by atoms with E-state index < -0.39 is 0 Å². The molecule has 31 heavy (non-hydrogen) atoms. The average molecular weight is 423 g/mol. The Morgan fingerprint density at radius 3 is 2.71 bits per heavy atom. The van der Waals surface area contributed by atoms with Crippen LogP contribution in [-0.2, 0) is 12.1 Å². The molecule has 0 radical (unpaired) electrons. The molecule has 3 heterocycles. The third-order valence-electron chi connectivity index (χ3n) is 6.36. The van der Waals surface area contributed by atoms with Crippen LogP contribution in [0.15, 0.2) is 24.3 Å². The first-order chi connectivity index (χ1) is 14.9. The van der Waals surface area contributed by atoms with Crippen molar-refractivity contribution in [2.75, 3.05) is 38.2 Å². The molecule has 9 nitrogen and oxygen atoms in total. The van der Waals surface area contributed by atoms with E-state index in [0.29, 0.717) is 5.56 Å². The third-order valence-corrected chi connectivity index (χ3v) is 6.36. The molecule has 162 valence electrons. The first-order valence-corrected chi connectivity index (χ1v) is 10.8. The molecule has 0 atom stereocenters. The second-order valence-electron chi connectivity index (χ2n) is 8.68. The quantitative estimate of drug-likeness (QED) is 0.624. The van der Waals surface area contributed by atoms with E-state index >= 15 is 0 Å². The highest BCUT2D eigenvalue weighted by atomic mass is 16.5. The summed E-state index contributed by atoms with van der Waals surface area (Å²) in [5, 5.41) is 23.1. The van der Waals surface area contributed by atoms with Crippen molar-refractivity contribution in [1.29, 1.82) is 5.26 Å². The lowest BCUT2D eigenvalue weighted by molar-refractivity contribution is -0.915. The minimum atomic E-state index is -0.0943. The molecule has 9 heteroatoms. The number of H-pyrrole nitrogens is 1. The van der Waals surface area contributed by atoms with Gasteiger partial charge in [0.2, 0.25) is 5.82 Å². The molecule has 1 aliphatic rings. The van der Waals surface area contributed by atoms with Crippen LogP contribution in [0.25, 0.3) is 10.9 Å². The van der Waals surface area contributed by atoms with Crippen LogP contribution in [0.5, 0.6) is 5.75 Å². The third kappa shape index (κ3) is 4.16. The molecule has 1 saturated heterocycles. The normalized spacial score (nSPS) is 15.3. The van der Waals surface area contributed by atoms with Crippen LogP contribution in [-0.4, -0.2) is 53.5 Å². The summed E-state index contributed by atoms with van der Waals surface area (Å²) in [6, 6.07) is 10.1. The topological polar surface area (TPSA) is 98.4 Å². The summed E-state index contributed by atoms with van der Waals surface area (Å²) in [5.41, 5.74) is 1.53. The lowest BCUT2D eigenvalue weighted by atomic mass is 10.0. The number of nitrogens with one attached hydrogen (secondary N) is 2. The highest BCUT2D eigenvalue weighted by Gasteiger charge is 2.31. The van der Waals surface area contributed by atoms with E-state index in [4.69, 9.17) is 4.74 Å². The maximum atomic E-state index is 9.71. The molecule has 0 unspecified atom stereocenters. The van der Waals surface area contributed by atoms with Gasteiger partial charge in [-0.15, -0.1) is 5.10 Å². The molecule has 2 aromatic heterocycles. The van der Waals surface area contributed by atoms with E-state index in [9.17, 15) is 5.26 Å². The fourth-order valence-corrected chi connectivity index (χ4v) is 4.03. The van der Waals surface area contributed by atoms with Gasteiger partial charge in [-0.05, 0) is 48.9 Å². The van der Waals surface area contributed by atoms with E-state index in [0.717, 1.165) is 67.4 Å². The van der Waals surface area contributed by atoms with Crippen molar-refractivity contribution < 1.29 is 14.6 Å². The lowest BCUT2D eigenvalue weighted by Crippen LogP contribution is -3.13. The number of tetrazole rings is 1. The fourth-order valence-electron chi connectivity index (χ4n) is 4.03. The Kier molecular flexibility index (Phi) is 5.74. The van der Waals surface area contributed by atoms with Crippen LogP contribution in [0.2, 0.25) is 0 Å². The monoisotopic (exact) mass is 422 g/mol. The average Bonchev–Trinajstić information content (AvgIpc) is 3.27. The molecule has 0 bridgehead atoms. The molecule has 1 fully saturated rings. The number of fused-ring (bicyclic) bond motifs is 1. The maximum absolute atomic E-state index is 9.71. The fraction of sp³-hybridized carbons (Fsp3) is 0.500. The number of methoxy groups -OCH3 is 1. The first kappa shape index (κ1) is 21.0. The maximum Gasteiger partial charge on any atom is 0.293 e. The van der Waals surface area contributed by atoms with Crippen LogP contribution in [0, 0.1) is 11.3 Å². The van der Waals surface area contributed by atoms with E-state index in [1.807, 2.05) is 28.9 Å². The zero-order valence-corrected chi connectivity index (χ0v) is 18.6. The number of aromatic nitrogens is 5. The summed E-state index contributed by atoms with van der Waals surface area (Å²) < 4.78 is 7.31. The lowest BCUT2D eigenvalue weighted by Gasteiger charge is -2.29. The number of benzene rings is 1. The molecule has 1 aliphatic heterocycles. The van der Waals surface area contributed by atoms with Crippen molar-refractivity contribution in [3.8, 4) is 11.8 Å². The first-order valence-electron chi connectivity index (χ1n) is 10.8. The van der Waals surface area contributed by atoms with Gasteiger partial charge in [-0.3, -0.25) is 0 Å². The van der Waals surface area contributed by atoms with Gasteiger partial charge in [0.1, 0.15) is 55.6 Å². The second-order valence-corrected chi connectivity index (χ2v) is 8.68. The van der Waals surface area contributed by atoms with Crippen molar-refractivity contribution in [3.05, 3.63) is 35.7 Å². The minimum Gasteiger partial charge on any atom is -0.497 e. The summed E-state index contributed by atoms with van der Waals surface area (Å²) in [6.07, 6.45) is 0.966. The summed E-state index contributed by atoms with van der Waals surface area (Å²) in [4.78, 5) is 7.17. The Morgan fingerprint density at radius 1 is 1.26 bits per heavy atom. The van der Waals surface area contributed by atoms with Crippen LogP contribution >= 0.6 is 0 Å². The van der Waals surface area contributed by atoms with Crippen molar-refractivity contribution >= 4 is 16.7 Å². The zero-order chi connectivity index (χ0) is 22.0. The molecule has 0 saturated carbocycles. The van der Waals surface area contributed by atoms with Crippen LogP contribution in [0.3, 0.4) is 0 Å². The van der Waals surface area contributed by atoms with Gasteiger partial charge in [0.05, 0.1) is 12.6 Å². The SMILES string of the molecule is CCC(C)(C)n1nnnc1C[NH+]1CCN(c2[nH+]c3cc(OC)ccc3cc2C#N)CC1. The van der Waals surface area contributed by atoms with Crippen molar-refractivity contribution in [3.63, 3.8) is 0 Å². The molecule has 0 amide bonds. The number of hydrogen-bond donors (Lipinski definition) is 1. The van der Waals surface area contributed by atoms with Crippen molar-refractivity contribution in [2.45, 2.75) is 39.3 Å². The number of rotatable bonds is 6. The summed E-state index contributed by atoms with van der Waals surface area (Å²) in [5.74, 6) is 2.60. The van der Waals surface area contributed by atoms with Gasteiger partial charge in [-0.1, -0.05) is 6.92 Å².